The smallest absolute Gasteiger partial charge is 0.261 e. The number of carbonyl (C=O) groups excluding carboxylic acids is 4. The molecule has 2 heterocycles. The lowest BCUT2D eigenvalue weighted by Crippen LogP contribution is -2.42. The van der Waals surface area contributed by atoms with Crippen molar-refractivity contribution in [3.05, 3.63) is 46.5 Å². The maximum Gasteiger partial charge on any atom is 0.261 e. The van der Waals surface area contributed by atoms with Crippen LogP contribution in [0.1, 0.15) is 54.3 Å². The highest BCUT2D eigenvalue weighted by Crippen LogP contribution is 2.36. The average molecular weight is 338 g/mol. The summed E-state index contributed by atoms with van der Waals surface area (Å²) in [4.78, 5) is 50.8. The fraction of sp³-hybridized carbons (Fsp3) is 0.222. The van der Waals surface area contributed by atoms with E-state index in [1.807, 2.05) is 0 Å². The fourth-order valence-electron chi connectivity index (χ4n) is 3.44. The van der Waals surface area contributed by atoms with Crippen LogP contribution >= 0.6 is 0 Å². The summed E-state index contributed by atoms with van der Waals surface area (Å²) in [5.74, 6) is -1.96. The average Bonchev–Trinajstić information content (AvgIpc) is 2.60. The van der Waals surface area contributed by atoms with E-state index in [0.29, 0.717) is 34.7 Å². The molecule has 0 bridgehead atoms. The Labute approximate surface area is 142 Å². The molecule has 0 aliphatic carbocycles. The van der Waals surface area contributed by atoms with Crippen LogP contribution in [0.25, 0.3) is 10.8 Å². The first-order valence-electron chi connectivity index (χ1n) is 7.97. The molecular formula is C18H14N2O5. The zero-order valence-electron chi connectivity index (χ0n) is 13.2. The summed E-state index contributed by atoms with van der Waals surface area (Å²) < 4.78 is 0. The summed E-state index contributed by atoms with van der Waals surface area (Å²) in [5, 5.41) is 11.9. The van der Waals surface area contributed by atoms with Gasteiger partial charge in [0.25, 0.3) is 23.6 Å². The van der Waals surface area contributed by atoms with E-state index < -0.39 is 23.6 Å². The number of imide groups is 2. The van der Waals surface area contributed by atoms with E-state index in [1.54, 1.807) is 0 Å². The number of nitrogens with zero attached hydrogens (tertiary/aromatic N) is 1. The van der Waals surface area contributed by atoms with E-state index in [9.17, 15) is 19.2 Å². The molecule has 2 aliphatic heterocycles. The third kappa shape index (κ3) is 2.09. The second-order valence-electron chi connectivity index (χ2n) is 6.05. The minimum atomic E-state index is -0.536. The highest BCUT2D eigenvalue weighted by Gasteiger charge is 2.36. The number of unbranched alkanes of at least 4 members (excludes halogenated alkanes) is 1. The highest BCUT2D eigenvalue weighted by atomic mass is 16.3. The molecular weight excluding hydrogens is 324 g/mol. The van der Waals surface area contributed by atoms with Crippen LogP contribution in [-0.2, 0) is 0 Å². The van der Waals surface area contributed by atoms with Gasteiger partial charge in [0.1, 0.15) is 0 Å². The Kier molecular flexibility index (Phi) is 3.40. The number of hydrogen-bond acceptors (Lipinski definition) is 5. The largest absolute Gasteiger partial charge is 0.396 e. The topological polar surface area (TPSA) is 104 Å². The van der Waals surface area contributed by atoms with Crippen LogP contribution in [0.2, 0.25) is 0 Å². The molecule has 2 N–H and O–H groups in total. The summed E-state index contributed by atoms with van der Waals surface area (Å²) in [6, 6.07) is 6.06. The minimum absolute atomic E-state index is 0.00761. The number of aliphatic hydroxyl groups excluding tert-OH is 1. The molecule has 0 saturated carbocycles. The van der Waals surface area contributed by atoms with Gasteiger partial charge in [-0.25, -0.2) is 0 Å². The first-order chi connectivity index (χ1) is 12.0. The summed E-state index contributed by atoms with van der Waals surface area (Å²) in [6.07, 6.45) is 0.995. The molecule has 0 fully saturated rings. The van der Waals surface area contributed by atoms with Crippen LogP contribution in [0, 0.1) is 0 Å². The standard InChI is InChI=1S/C18H14N2O5/c21-8-2-1-7-20-17(24)11-5-3-9-13-10(16(23)19-15(9)22)4-6-12(14(11)13)18(20)25/h3-6,21H,1-2,7-8H2,(H,19,22,23). The van der Waals surface area contributed by atoms with Crippen molar-refractivity contribution in [2.75, 3.05) is 13.2 Å². The van der Waals surface area contributed by atoms with Crippen molar-refractivity contribution in [3.63, 3.8) is 0 Å². The van der Waals surface area contributed by atoms with Crippen molar-refractivity contribution in [2.45, 2.75) is 12.8 Å². The van der Waals surface area contributed by atoms with E-state index in [4.69, 9.17) is 5.11 Å². The van der Waals surface area contributed by atoms with Crippen molar-refractivity contribution >= 4 is 34.4 Å². The normalized spacial score (nSPS) is 15.8. The summed E-state index contributed by atoms with van der Waals surface area (Å²) in [7, 11) is 0. The van der Waals surface area contributed by atoms with Crippen LogP contribution in [0.15, 0.2) is 24.3 Å². The second-order valence-corrected chi connectivity index (χ2v) is 6.05. The van der Waals surface area contributed by atoms with Gasteiger partial charge in [-0.05, 0) is 37.1 Å². The van der Waals surface area contributed by atoms with Crippen molar-refractivity contribution < 1.29 is 24.3 Å². The first-order valence-corrected chi connectivity index (χ1v) is 7.97. The number of aliphatic hydroxyl groups is 1. The van der Waals surface area contributed by atoms with Crippen molar-refractivity contribution in [1.82, 2.24) is 10.2 Å². The number of nitrogens with one attached hydrogen (secondary N) is 1. The maximum absolute atomic E-state index is 12.8. The number of hydrogen-bond donors (Lipinski definition) is 2. The van der Waals surface area contributed by atoms with Gasteiger partial charge in [-0.1, -0.05) is 0 Å². The lowest BCUT2D eigenvalue weighted by Gasteiger charge is -2.29. The lowest BCUT2D eigenvalue weighted by atomic mass is 9.86. The van der Waals surface area contributed by atoms with Crippen LogP contribution in [-0.4, -0.2) is 46.8 Å². The zero-order valence-corrected chi connectivity index (χ0v) is 13.2. The first kappa shape index (κ1) is 15.5. The zero-order chi connectivity index (χ0) is 17.7. The third-order valence-electron chi connectivity index (χ3n) is 4.62. The minimum Gasteiger partial charge on any atom is -0.396 e. The Hall–Kier alpha value is -3.06. The lowest BCUT2D eigenvalue weighted by molar-refractivity contribution is 0.0603. The van der Waals surface area contributed by atoms with Crippen LogP contribution in [0.4, 0.5) is 0 Å². The second kappa shape index (κ2) is 5.49. The molecule has 4 rings (SSSR count). The fourth-order valence-corrected chi connectivity index (χ4v) is 3.44. The third-order valence-corrected chi connectivity index (χ3v) is 4.62. The van der Waals surface area contributed by atoms with E-state index in [0.717, 1.165) is 4.90 Å². The van der Waals surface area contributed by atoms with Crippen LogP contribution in [0.3, 0.4) is 0 Å². The molecule has 0 unspecified atom stereocenters. The molecule has 0 saturated heterocycles. The van der Waals surface area contributed by atoms with Gasteiger partial charge in [-0.3, -0.25) is 29.4 Å². The van der Waals surface area contributed by atoms with Gasteiger partial charge in [0.15, 0.2) is 0 Å². The van der Waals surface area contributed by atoms with E-state index in [1.165, 1.54) is 24.3 Å². The molecule has 25 heavy (non-hydrogen) atoms. The molecule has 126 valence electrons. The molecule has 7 nitrogen and oxygen atoms in total. The van der Waals surface area contributed by atoms with Crippen molar-refractivity contribution in [1.29, 1.82) is 0 Å². The maximum atomic E-state index is 12.8. The summed E-state index contributed by atoms with van der Waals surface area (Å²) in [6.45, 7) is 0.203. The predicted molar refractivity (Wildman–Crippen MR) is 87.4 cm³/mol. The van der Waals surface area contributed by atoms with Gasteiger partial charge >= 0.3 is 0 Å². The Morgan fingerprint density at radius 3 is 1.76 bits per heavy atom. The molecule has 0 aromatic heterocycles. The molecule has 2 aromatic carbocycles. The van der Waals surface area contributed by atoms with Gasteiger partial charge in [0.05, 0.1) is 0 Å². The van der Waals surface area contributed by atoms with Gasteiger partial charge in [0.2, 0.25) is 0 Å². The number of benzene rings is 2. The van der Waals surface area contributed by atoms with E-state index in [2.05, 4.69) is 5.32 Å². The summed E-state index contributed by atoms with van der Waals surface area (Å²) in [5.41, 5.74) is 1.18. The van der Waals surface area contributed by atoms with Gasteiger partial charge in [0, 0.05) is 46.2 Å². The Morgan fingerprint density at radius 2 is 1.24 bits per heavy atom. The molecule has 4 amide bonds. The number of carbonyl (C=O) groups is 4. The Bertz CT molecular complexity index is 910. The van der Waals surface area contributed by atoms with Crippen molar-refractivity contribution in [3.8, 4) is 0 Å². The van der Waals surface area contributed by atoms with Gasteiger partial charge in [-0.2, -0.15) is 0 Å². The molecule has 0 radical (unpaired) electrons. The molecule has 7 heteroatoms. The highest BCUT2D eigenvalue weighted by molar-refractivity contribution is 6.33. The molecule has 0 spiro atoms. The Balaban J connectivity index is 1.94. The quantitative estimate of drug-likeness (QED) is 0.641. The van der Waals surface area contributed by atoms with E-state index in [-0.39, 0.29) is 24.3 Å². The SMILES string of the molecule is O=C1NC(=O)c2ccc3c4c(ccc1c24)C(=O)N(CCCCO)C3=O. The van der Waals surface area contributed by atoms with Crippen LogP contribution in [0.5, 0.6) is 0 Å². The predicted octanol–water partition coefficient (Wildman–Crippen LogP) is 1.09. The number of rotatable bonds is 4. The van der Waals surface area contributed by atoms with Gasteiger partial charge in [-0.15, -0.1) is 0 Å². The Morgan fingerprint density at radius 1 is 0.760 bits per heavy atom. The molecule has 2 aliphatic rings. The van der Waals surface area contributed by atoms with Crippen molar-refractivity contribution in [2.24, 2.45) is 0 Å². The van der Waals surface area contributed by atoms with E-state index >= 15 is 0 Å². The molecule has 0 atom stereocenters. The van der Waals surface area contributed by atoms with Gasteiger partial charge < -0.3 is 5.11 Å². The number of amides is 4. The monoisotopic (exact) mass is 338 g/mol. The van der Waals surface area contributed by atoms with Crippen LogP contribution < -0.4 is 5.32 Å². The molecule has 2 aromatic rings. The summed E-state index contributed by atoms with van der Waals surface area (Å²) >= 11 is 0.